The Morgan fingerprint density at radius 2 is 1.90 bits per heavy atom. The average Bonchev–Trinajstić information content (AvgIpc) is 3.35. The predicted octanol–water partition coefficient (Wildman–Crippen LogP) is 3.10. The van der Waals surface area contributed by atoms with Crippen molar-refractivity contribution in [2.24, 2.45) is 11.8 Å². The molecule has 0 aromatic heterocycles. The van der Waals surface area contributed by atoms with E-state index in [2.05, 4.69) is 18.7 Å². The predicted molar refractivity (Wildman–Crippen MR) is 86.2 cm³/mol. The summed E-state index contributed by atoms with van der Waals surface area (Å²) < 4.78 is 5.25. The fourth-order valence-electron chi connectivity index (χ4n) is 2.99. The fraction of sp³-hybridized carbons (Fsp3) is 0.667. The molecule has 1 saturated carbocycles. The van der Waals surface area contributed by atoms with Gasteiger partial charge in [0.25, 0.3) is 0 Å². The van der Waals surface area contributed by atoms with Gasteiger partial charge in [0.1, 0.15) is 0 Å². The van der Waals surface area contributed by atoms with Crippen molar-refractivity contribution >= 4 is 0 Å². The van der Waals surface area contributed by atoms with Crippen molar-refractivity contribution in [3.8, 4) is 0 Å². The normalized spacial score (nSPS) is 19.5. The molecule has 0 spiro atoms. The van der Waals surface area contributed by atoms with Gasteiger partial charge < -0.3 is 9.84 Å². The lowest BCUT2D eigenvalue weighted by atomic mass is 9.96. The summed E-state index contributed by atoms with van der Waals surface area (Å²) in [4.78, 5) is 2.48. The van der Waals surface area contributed by atoms with Gasteiger partial charge in [-0.15, -0.1) is 0 Å². The maximum atomic E-state index is 10.5. The number of aliphatic hydroxyl groups excluding tert-OH is 1. The molecule has 3 atom stereocenters. The zero-order valence-corrected chi connectivity index (χ0v) is 13.5. The van der Waals surface area contributed by atoms with Gasteiger partial charge in [0.2, 0.25) is 0 Å². The first-order valence-electron chi connectivity index (χ1n) is 8.09. The van der Waals surface area contributed by atoms with Crippen LogP contribution in [0.2, 0.25) is 0 Å². The second-order valence-electron chi connectivity index (χ2n) is 6.40. The van der Waals surface area contributed by atoms with E-state index in [1.54, 1.807) is 7.11 Å². The Balaban J connectivity index is 1.94. The zero-order chi connectivity index (χ0) is 15.2. The van der Waals surface area contributed by atoms with Gasteiger partial charge in [0.05, 0.1) is 12.7 Å². The number of hydrogen-bond acceptors (Lipinski definition) is 3. The van der Waals surface area contributed by atoms with Crippen LogP contribution in [0.1, 0.15) is 38.4 Å². The van der Waals surface area contributed by atoms with Crippen LogP contribution in [0, 0.1) is 11.8 Å². The monoisotopic (exact) mass is 291 g/mol. The summed E-state index contributed by atoms with van der Waals surface area (Å²) in [5, 5.41) is 10.5. The molecular weight excluding hydrogens is 262 g/mol. The van der Waals surface area contributed by atoms with Crippen LogP contribution in [0.25, 0.3) is 0 Å². The molecule has 1 aliphatic rings. The molecular formula is C18H29NO2. The molecule has 2 rings (SSSR count). The van der Waals surface area contributed by atoms with Crippen LogP contribution < -0.4 is 0 Å². The number of hydrogen-bond donors (Lipinski definition) is 1. The minimum atomic E-state index is -0.400. The van der Waals surface area contributed by atoms with E-state index in [1.165, 1.54) is 12.8 Å². The summed E-state index contributed by atoms with van der Waals surface area (Å²) in [5.74, 6) is 1.05. The number of nitrogens with zero attached hydrogens (tertiary/aromatic N) is 1. The molecule has 1 fully saturated rings. The SMILES string of the molecule is COCCN(CC(C)C(O)c1ccccc1)C(C)C1CC1. The first-order chi connectivity index (χ1) is 10.1. The highest BCUT2D eigenvalue weighted by Gasteiger charge is 2.33. The largest absolute Gasteiger partial charge is 0.388 e. The minimum Gasteiger partial charge on any atom is -0.388 e. The maximum absolute atomic E-state index is 10.5. The number of aliphatic hydroxyl groups is 1. The quantitative estimate of drug-likeness (QED) is 0.759. The van der Waals surface area contributed by atoms with Crippen molar-refractivity contribution < 1.29 is 9.84 Å². The molecule has 0 aliphatic heterocycles. The van der Waals surface area contributed by atoms with Gasteiger partial charge in [0, 0.05) is 26.2 Å². The van der Waals surface area contributed by atoms with Crippen LogP contribution >= 0.6 is 0 Å². The first-order valence-corrected chi connectivity index (χ1v) is 8.09. The highest BCUT2D eigenvalue weighted by molar-refractivity contribution is 5.17. The Bertz CT molecular complexity index is 405. The third-order valence-corrected chi connectivity index (χ3v) is 4.67. The van der Waals surface area contributed by atoms with Crippen molar-refractivity contribution in [1.29, 1.82) is 0 Å². The molecule has 1 aromatic rings. The average molecular weight is 291 g/mol. The van der Waals surface area contributed by atoms with Crippen molar-refractivity contribution in [3.05, 3.63) is 35.9 Å². The van der Waals surface area contributed by atoms with E-state index in [4.69, 9.17) is 4.74 Å². The van der Waals surface area contributed by atoms with Gasteiger partial charge in [-0.25, -0.2) is 0 Å². The molecule has 3 nitrogen and oxygen atoms in total. The van der Waals surface area contributed by atoms with E-state index in [0.29, 0.717) is 6.04 Å². The van der Waals surface area contributed by atoms with Crippen LogP contribution in [0.4, 0.5) is 0 Å². The molecule has 21 heavy (non-hydrogen) atoms. The number of benzene rings is 1. The maximum Gasteiger partial charge on any atom is 0.0827 e. The Hall–Kier alpha value is -0.900. The summed E-state index contributed by atoms with van der Waals surface area (Å²) in [6.45, 7) is 7.06. The fourth-order valence-corrected chi connectivity index (χ4v) is 2.99. The van der Waals surface area contributed by atoms with Crippen LogP contribution in [-0.4, -0.2) is 42.9 Å². The molecule has 1 N–H and O–H groups in total. The van der Waals surface area contributed by atoms with E-state index < -0.39 is 6.10 Å². The van der Waals surface area contributed by atoms with Crippen molar-refractivity contribution in [3.63, 3.8) is 0 Å². The number of methoxy groups -OCH3 is 1. The van der Waals surface area contributed by atoms with E-state index in [0.717, 1.165) is 31.2 Å². The van der Waals surface area contributed by atoms with E-state index in [1.807, 2.05) is 30.3 Å². The summed E-state index contributed by atoms with van der Waals surface area (Å²) in [5.41, 5.74) is 1.01. The molecule has 118 valence electrons. The molecule has 1 aliphatic carbocycles. The second kappa shape index (κ2) is 7.92. The third kappa shape index (κ3) is 4.80. The molecule has 3 heteroatoms. The van der Waals surface area contributed by atoms with Crippen molar-refractivity contribution in [2.45, 2.75) is 38.8 Å². The van der Waals surface area contributed by atoms with Gasteiger partial charge in [-0.2, -0.15) is 0 Å². The van der Waals surface area contributed by atoms with Crippen molar-refractivity contribution in [1.82, 2.24) is 4.90 Å². The first kappa shape index (κ1) is 16.5. The van der Waals surface area contributed by atoms with Gasteiger partial charge >= 0.3 is 0 Å². The minimum absolute atomic E-state index is 0.213. The van der Waals surface area contributed by atoms with E-state index in [9.17, 15) is 5.11 Å². The van der Waals surface area contributed by atoms with Gasteiger partial charge in [-0.1, -0.05) is 37.3 Å². The lowest BCUT2D eigenvalue weighted by molar-refractivity contribution is 0.0566. The number of ether oxygens (including phenoxy) is 1. The smallest absolute Gasteiger partial charge is 0.0827 e. The van der Waals surface area contributed by atoms with Crippen LogP contribution in [0.5, 0.6) is 0 Å². The Kier molecular flexibility index (Phi) is 6.22. The topological polar surface area (TPSA) is 32.7 Å². The van der Waals surface area contributed by atoms with E-state index in [-0.39, 0.29) is 5.92 Å². The van der Waals surface area contributed by atoms with Gasteiger partial charge in [0.15, 0.2) is 0 Å². The highest BCUT2D eigenvalue weighted by atomic mass is 16.5. The summed E-state index contributed by atoms with van der Waals surface area (Å²) >= 11 is 0. The molecule has 1 aromatic carbocycles. The third-order valence-electron chi connectivity index (χ3n) is 4.67. The second-order valence-corrected chi connectivity index (χ2v) is 6.40. The van der Waals surface area contributed by atoms with Gasteiger partial charge in [-0.05, 0) is 37.2 Å². The van der Waals surface area contributed by atoms with E-state index >= 15 is 0 Å². The summed E-state index contributed by atoms with van der Waals surface area (Å²) in [7, 11) is 1.75. The highest BCUT2D eigenvalue weighted by Crippen LogP contribution is 2.36. The Morgan fingerprint density at radius 1 is 1.24 bits per heavy atom. The Morgan fingerprint density at radius 3 is 2.48 bits per heavy atom. The molecule has 3 unspecified atom stereocenters. The summed E-state index contributed by atoms with van der Waals surface area (Å²) in [6.07, 6.45) is 2.29. The van der Waals surface area contributed by atoms with Crippen LogP contribution in [0.3, 0.4) is 0 Å². The van der Waals surface area contributed by atoms with Crippen LogP contribution in [0.15, 0.2) is 30.3 Å². The molecule has 0 saturated heterocycles. The standard InChI is InChI=1S/C18H29NO2/c1-14(18(20)17-7-5-4-6-8-17)13-19(11-12-21-3)15(2)16-9-10-16/h4-8,14-16,18,20H,9-13H2,1-3H3. The lowest BCUT2D eigenvalue weighted by Gasteiger charge is -2.33. The summed E-state index contributed by atoms with van der Waals surface area (Å²) in [6, 6.07) is 10.6. The zero-order valence-electron chi connectivity index (χ0n) is 13.5. The molecule has 0 radical (unpaired) electrons. The Labute approximate surface area is 128 Å². The van der Waals surface area contributed by atoms with Gasteiger partial charge in [-0.3, -0.25) is 4.90 Å². The molecule has 0 bridgehead atoms. The molecule has 0 heterocycles. The lowest BCUT2D eigenvalue weighted by Crippen LogP contribution is -2.41. The molecule has 0 amide bonds. The van der Waals surface area contributed by atoms with Crippen LogP contribution in [-0.2, 0) is 4.74 Å². The van der Waals surface area contributed by atoms with Crippen molar-refractivity contribution in [2.75, 3.05) is 26.8 Å². The number of rotatable bonds is 9.